The number of nitrogens with zero attached hydrogens (tertiary/aromatic N) is 2. The minimum atomic E-state index is 0.566. The van der Waals surface area contributed by atoms with Gasteiger partial charge in [0.05, 0.1) is 36.5 Å². The molecule has 1 aromatic carbocycles. The van der Waals surface area contributed by atoms with E-state index in [-0.39, 0.29) is 0 Å². The Morgan fingerprint density at radius 3 is 2.96 bits per heavy atom. The molecule has 3 heterocycles. The van der Waals surface area contributed by atoms with Crippen molar-refractivity contribution in [3.8, 4) is 40.5 Å². The summed E-state index contributed by atoms with van der Waals surface area (Å²) in [4.78, 5) is 4.64. The second-order valence-corrected chi connectivity index (χ2v) is 6.32. The molecule has 0 aliphatic rings. The van der Waals surface area contributed by atoms with Crippen LogP contribution in [0.15, 0.2) is 53.5 Å². The lowest BCUT2D eigenvalue weighted by Gasteiger charge is -2.11. The first-order chi connectivity index (χ1) is 13.3. The molecule has 0 spiro atoms. The van der Waals surface area contributed by atoms with E-state index in [1.165, 1.54) is 0 Å². The number of benzene rings is 1. The number of aromatic amines is 1. The standard InChI is InChI=1S/C22H19N3O2/c1-3-4-5-9-27-18-12-20(22(23-13-18)17-8-10-26-14-17)16-6-7-21-19(11-16)15(2)24-25-21/h1,6-8,10-14H,4-5,9H2,2H3,(H,24,25). The highest BCUT2D eigenvalue weighted by atomic mass is 16.5. The number of H-pyrrole nitrogens is 1. The van der Waals surface area contributed by atoms with Gasteiger partial charge in [-0.25, -0.2) is 0 Å². The molecular formula is C22H19N3O2. The molecule has 5 nitrogen and oxygen atoms in total. The molecular weight excluding hydrogens is 338 g/mol. The van der Waals surface area contributed by atoms with Gasteiger partial charge in [-0.3, -0.25) is 10.1 Å². The van der Waals surface area contributed by atoms with E-state index < -0.39 is 0 Å². The maximum atomic E-state index is 5.84. The van der Waals surface area contributed by atoms with Gasteiger partial charge >= 0.3 is 0 Å². The van der Waals surface area contributed by atoms with Crippen molar-refractivity contribution in [2.24, 2.45) is 0 Å². The third kappa shape index (κ3) is 3.42. The van der Waals surface area contributed by atoms with Gasteiger partial charge in [-0.15, -0.1) is 12.3 Å². The number of fused-ring (bicyclic) bond motifs is 1. The maximum absolute atomic E-state index is 5.84. The van der Waals surface area contributed by atoms with Crippen LogP contribution in [0, 0.1) is 19.3 Å². The molecule has 0 fully saturated rings. The van der Waals surface area contributed by atoms with E-state index in [0.717, 1.165) is 51.2 Å². The van der Waals surface area contributed by atoms with Crippen molar-refractivity contribution in [3.63, 3.8) is 0 Å². The van der Waals surface area contributed by atoms with Crippen LogP contribution in [0.3, 0.4) is 0 Å². The number of nitrogens with one attached hydrogen (secondary N) is 1. The van der Waals surface area contributed by atoms with Gasteiger partial charge < -0.3 is 9.15 Å². The van der Waals surface area contributed by atoms with Crippen LogP contribution in [0.1, 0.15) is 18.5 Å². The monoisotopic (exact) mass is 357 g/mol. The summed E-state index contributed by atoms with van der Waals surface area (Å²) in [7, 11) is 0. The molecule has 0 aliphatic heterocycles. The van der Waals surface area contributed by atoms with Gasteiger partial charge in [-0.05, 0) is 43.2 Å². The zero-order valence-electron chi connectivity index (χ0n) is 15.0. The third-order valence-corrected chi connectivity index (χ3v) is 4.45. The fraction of sp³-hybridized carbons (Fsp3) is 0.182. The molecule has 3 aromatic heterocycles. The normalized spacial score (nSPS) is 10.8. The Morgan fingerprint density at radius 2 is 2.15 bits per heavy atom. The quantitative estimate of drug-likeness (QED) is 0.390. The molecule has 0 unspecified atom stereocenters. The Hall–Kier alpha value is -3.52. The zero-order chi connectivity index (χ0) is 18.6. The average Bonchev–Trinajstić information content (AvgIpc) is 3.35. The number of unbranched alkanes of at least 4 members (excludes halogenated alkanes) is 1. The Morgan fingerprint density at radius 1 is 1.22 bits per heavy atom. The van der Waals surface area contributed by atoms with Crippen molar-refractivity contribution in [1.29, 1.82) is 0 Å². The van der Waals surface area contributed by atoms with Gasteiger partial charge in [-0.1, -0.05) is 6.07 Å². The molecule has 0 saturated heterocycles. The van der Waals surface area contributed by atoms with Crippen LogP contribution < -0.4 is 4.74 Å². The van der Waals surface area contributed by atoms with Crippen LogP contribution in [-0.2, 0) is 0 Å². The first-order valence-corrected chi connectivity index (χ1v) is 8.80. The van der Waals surface area contributed by atoms with E-state index in [1.807, 2.05) is 31.2 Å². The average molecular weight is 357 g/mol. The van der Waals surface area contributed by atoms with Crippen LogP contribution in [0.4, 0.5) is 0 Å². The van der Waals surface area contributed by atoms with Crippen LogP contribution in [0.5, 0.6) is 5.75 Å². The number of hydrogen-bond donors (Lipinski definition) is 1. The fourth-order valence-electron chi connectivity index (χ4n) is 3.04. The molecule has 4 rings (SSSR count). The predicted molar refractivity (Wildman–Crippen MR) is 105 cm³/mol. The molecule has 0 aliphatic carbocycles. The van der Waals surface area contributed by atoms with Crippen molar-refractivity contribution in [2.75, 3.05) is 6.61 Å². The van der Waals surface area contributed by atoms with Crippen LogP contribution in [0.25, 0.3) is 33.3 Å². The lowest BCUT2D eigenvalue weighted by Crippen LogP contribution is -1.98. The summed E-state index contributed by atoms with van der Waals surface area (Å²) in [5, 5.41) is 8.42. The van der Waals surface area contributed by atoms with Gasteiger partial charge in [0.2, 0.25) is 0 Å². The molecule has 0 atom stereocenters. The largest absolute Gasteiger partial charge is 0.492 e. The number of hydrogen-bond acceptors (Lipinski definition) is 4. The van der Waals surface area contributed by atoms with Crippen molar-refractivity contribution in [1.82, 2.24) is 15.2 Å². The van der Waals surface area contributed by atoms with Crippen molar-refractivity contribution in [3.05, 3.63) is 54.7 Å². The minimum Gasteiger partial charge on any atom is -0.492 e. The van der Waals surface area contributed by atoms with E-state index >= 15 is 0 Å². The smallest absolute Gasteiger partial charge is 0.138 e. The van der Waals surface area contributed by atoms with Crippen LogP contribution in [0.2, 0.25) is 0 Å². The zero-order valence-corrected chi connectivity index (χ0v) is 15.0. The minimum absolute atomic E-state index is 0.566. The summed E-state index contributed by atoms with van der Waals surface area (Å²) in [5.74, 6) is 3.34. The number of aromatic nitrogens is 3. The summed E-state index contributed by atoms with van der Waals surface area (Å²) >= 11 is 0. The Bertz CT molecular complexity index is 1100. The molecule has 0 radical (unpaired) electrons. The van der Waals surface area contributed by atoms with E-state index in [4.69, 9.17) is 15.6 Å². The number of aryl methyl sites for hydroxylation is 1. The van der Waals surface area contributed by atoms with E-state index in [1.54, 1.807) is 18.7 Å². The molecule has 5 heteroatoms. The fourth-order valence-corrected chi connectivity index (χ4v) is 3.04. The molecule has 0 saturated carbocycles. The summed E-state index contributed by atoms with van der Waals surface area (Å²) in [6, 6.07) is 10.1. The SMILES string of the molecule is C#CCCCOc1cnc(-c2ccoc2)c(-c2ccc3n[nH]c(C)c3c2)c1. The molecule has 134 valence electrons. The molecule has 0 bridgehead atoms. The second-order valence-electron chi connectivity index (χ2n) is 6.32. The highest BCUT2D eigenvalue weighted by Crippen LogP contribution is 2.35. The third-order valence-electron chi connectivity index (χ3n) is 4.45. The highest BCUT2D eigenvalue weighted by Gasteiger charge is 2.14. The molecule has 4 aromatic rings. The van der Waals surface area contributed by atoms with Crippen molar-refractivity contribution in [2.45, 2.75) is 19.8 Å². The topological polar surface area (TPSA) is 63.9 Å². The Labute approximate surface area is 157 Å². The van der Waals surface area contributed by atoms with Crippen molar-refractivity contribution < 1.29 is 9.15 Å². The summed E-state index contributed by atoms with van der Waals surface area (Å²) in [6.45, 7) is 2.58. The van der Waals surface area contributed by atoms with E-state index in [9.17, 15) is 0 Å². The van der Waals surface area contributed by atoms with E-state index in [2.05, 4.69) is 27.2 Å². The predicted octanol–water partition coefficient (Wildman–Crippen LogP) is 4.99. The lowest BCUT2D eigenvalue weighted by atomic mass is 9.99. The van der Waals surface area contributed by atoms with Crippen molar-refractivity contribution >= 4 is 10.9 Å². The highest BCUT2D eigenvalue weighted by molar-refractivity contribution is 5.90. The molecule has 0 amide bonds. The number of terminal acetylenes is 1. The first kappa shape index (κ1) is 16.9. The van der Waals surface area contributed by atoms with Gasteiger partial charge in [0.1, 0.15) is 5.75 Å². The second kappa shape index (κ2) is 7.38. The molecule has 27 heavy (non-hydrogen) atoms. The lowest BCUT2D eigenvalue weighted by molar-refractivity contribution is 0.312. The van der Waals surface area contributed by atoms with E-state index in [0.29, 0.717) is 13.0 Å². The number of ether oxygens (including phenoxy) is 1. The van der Waals surface area contributed by atoms with Gasteiger partial charge in [0, 0.05) is 28.6 Å². The molecule has 1 N–H and O–H groups in total. The Kier molecular flexibility index (Phi) is 4.63. The maximum Gasteiger partial charge on any atom is 0.138 e. The van der Waals surface area contributed by atoms with Gasteiger partial charge in [-0.2, -0.15) is 5.10 Å². The number of pyridine rings is 1. The van der Waals surface area contributed by atoms with Crippen LogP contribution >= 0.6 is 0 Å². The Balaban J connectivity index is 1.77. The number of furan rings is 1. The number of rotatable bonds is 6. The first-order valence-electron chi connectivity index (χ1n) is 8.80. The summed E-state index contributed by atoms with van der Waals surface area (Å²) < 4.78 is 11.1. The van der Waals surface area contributed by atoms with Gasteiger partial charge in [0.15, 0.2) is 0 Å². The van der Waals surface area contributed by atoms with Crippen LogP contribution in [-0.4, -0.2) is 21.8 Å². The van der Waals surface area contributed by atoms with Gasteiger partial charge in [0.25, 0.3) is 0 Å². The summed E-state index contributed by atoms with van der Waals surface area (Å²) in [5.41, 5.74) is 5.77. The summed E-state index contributed by atoms with van der Waals surface area (Å²) in [6.07, 6.45) is 11.9.